The first-order chi connectivity index (χ1) is 4.34. The molecule has 1 N–H and O–H groups in total. The zero-order chi connectivity index (χ0) is 8.36. The summed E-state index contributed by atoms with van der Waals surface area (Å²) in [5.41, 5.74) is 0. The summed E-state index contributed by atoms with van der Waals surface area (Å²) >= 11 is 0.811. The van der Waals surface area contributed by atoms with Crippen molar-refractivity contribution >= 4 is 33.8 Å². The molecule has 0 aromatic carbocycles. The predicted molar refractivity (Wildman–Crippen MR) is 38.1 cm³/mol. The predicted octanol–water partition coefficient (Wildman–Crippen LogP) is -0.991. The molecule has 0 saturated carbocycles. The van der Waals surface area contributed by atoms with E-state index in [0.29, 0.717) is 0 Å². The van der Waals surface area contributed by atoms with Gasteiger partial charge in [0.15, 0.2) is 0 Å². The highest BCUT2D eigenvalue weighted by Gasteiger charge is 2.17. The Morgan fingerprint density at radius 1 is 1.70 bits per heavy atom. The van der Waals surface area contributed by atoms with Gasteiger partial charge in [-0.05, 0) is 0 Å². The average molecular weight is 205 g/mol. The molecule has 0 radical (unpaired) electrons. The second kappa shape index (κ2) is 3.67. The summed E-state index contributed by atoms with van der Waals surface area (Å²) < 4.78 is 46.4. The lowest BCUT2D eigenvalue weighted by Gasteiger charge is -2.08. The van der Waals surface area contributed by atoms with Crippen LogP contribution < -0.4 is 0 Å². The van der Waals surface area contributed by atoms with Gasteiger partial charge in [0.25, 0.3) is 10.1 Å². The van der Waals surface area contributed by atoms with Gasteiger partial charge in [0, 0.05) is 5.75 Å². The van der Waals surface area contributed by atoms with Crippen LogP contribution >= 0.6 is 12.6 Å². The standard InChI is InChI=1S/C2H6O5S3/c3-9(4)1-2(8)10(5,6)7/h2,8H,1H2,(H,3,4)(H,5,6,7)/p-1. The lowest BCUT2D eigenvalue weighted by Crippen LogP contribution is -2.20. The van der Waals surface area contributed by atoms with Gasteiger partial charge in [-0.2, -0.15) is 21.0 Å². The van der Waals surface area contributed by atoms with Gasteiger partial charge in [0.2, 0.25) is 0 Å². The molecule has 0 amide bonds. The van der Waals surface area contributed by atoms with Crippen molar-refractivity contribution in [3.05, 3.63) is 0 Å². The molecular weight excluding hydrogens is 200 g/mol. The molecular formula is C2H5O5S3-. The summed E-state index contributed by atoms with van der Waals surface area (Å²) in [6.07, 6.45) is 0. The van der Waals surface area contributed by atoms with E-state index in [1.54, 1.807) is 0 Å². The summed E-state index contributed by atoms with van der Waals surface area (Å²) in [4.78, 5) is 0. The van der Waals surface area contributed by atoms with Crippen molar-refractivity contribution in [2.24, 2.45) is 0 Å². The SMILES string of the molecule is O=S([O-])CC(S)S(=O)(=O)O. The minimum atomic E-state index is -4.33. The minimum absolute atomic E-state index is 0.706. The number of rotatable bonds is 3. The summed E-state index contributed by atoms with van der Waals surface area (Å²) in [5, 5.41) is 0. The van der Waals surface area contributed by atoms with Gasteiger partial charge in [-0.3, -0.25) is 8.76 Å². The van der Waals surface area contributed by atoms with Crippen LogP contribution in [0.1, 0.15) is 0 Å². The summed E-state index contributed by atoms with van der Waals surface area (Å²) in [7, 11) is -4.33. The zero-order valence-corrected chi connectivity index (χ0v) is 7.16. The first-order valence-electron chi connectivity index (χ1n) is 2.04. The molecule has 0 aromatic heterocycles. The van der Waals surface area contributed by atoms with E-state index in [2.05, 4.69) is 12.6 Å². The maximum absolute atomic E-state index is 10.1. The van der Waals surface area contributed by atoms with E-state index in [0.717, 1.165) is 0 Å². The van der Waals surface area contributed by atoms with E-state index in [4.69, 9.17) is 4.55 Å². The van der Waals surface area contributed by atoms with Crippen molar-refractivity contribution in [2.75, 3.05) is 5.75 Å². The molecule has 0 aliphatic rings. The number of thiol groups is 1. The molecule has 5 nitrogen and oxygen atoms in total. The molecule has 0 rings (SSSR count). The molecule has 0 aliphatic heterocycles. The van der Waals surface area contributed by atoms with Gasteiger partial charge < -0.3 is 4.55 Å². The van der Waals surface area contributed by atoms with Crippen LogP contribution in [0.25, 0.3) is 0 Å². The largest absolute Gasteiger partial charge is 0.772 e. The van der Waals surface area contributed by atoms with E-state index in [1.807, 2.05) is 0 Å². The molecule has 10 heavy (non-hydrogen) atoms. The van der Waals surface area contributed by atoms with Crippen LogP contribution in [-0.2, 0) is 21.2 Å². The average Bonchev–Trinajstić information content (AvgIpc) is 1.60. The maximum atomic E-state index is 10.1. The van der Waals surface area contributed by atoms with Crippen molar-refractivity contribution in [3.8, 4) is 0 Å². The fraction of sp³-hybridized carbons (Fsp3) is 1.00. The normalized spacial score (nSPS) is 18.3. The molecule has 0 spiro atoms. The Hall–Kier alpha value is 0.370. The smallest absolute Gasteiger partial charge is 0.277 e. The van der Waals surface area contributed by atoms with Crippen LogP contribution in [0.2, 0.25) is 0 Å². The van der Waals surface area contributed by atoms with Crippen LogP contribution in [0, 0.1) is 0 Å². The number of hydrogen-bond acceptors (Lipinski definition) is 5. The molecule has 2 atom stereocenters. The van der Waals surface area contributed by atoms with Gasteiger partial charge in [0.05, 0.1) is 0 Å². The van der Waals surface area contributed by atoms with Crippen molar-refractivity contribution < 1.29 is 21.7 Å². The van der Waals surface area contributed by atoms with Gasteiger partial charge in [0.1, 0.15) is 4.58 Å². The van der Waals surface area contributed by atoms with Crippen LogP contribution in [0.5, 0.6) is 0 Å². The third-order valence-corrected chi connectivity index (χ3v) is 3.52. The van der Waals surface area contributed by atoms with Crippen LogP contribution in [0.4, 0.5) is 0 Å². The Labute approximate surface area is 66.3 Å². The van der Waals surface area contributed by atoms with Crippen LogP contribution in [-0.4, -0.2) is 32.1 Å². The van der Waals surface area contributed by atoms with Gasteiger partial charge in [-0.15, -0.1) is 0 Å². The van der Waals surface area contributed by atoms with E-state index >= 15 is 0 Å². The highest BCUT2D eigenvalue weighted by atomic mass is 32.3. The third kappa shape index (κ3) is 4.23. The number of hydrogen-bond donors (Lipinski definition) is 2. The summed E-state index contributed by atoms with van der Waals surface area (Å²) in [6, 6.07) is 0. The third-order valence-electron chi connectivity index (χ3n) is 0.622. The van der Waals surface area contributed by atoms with Crippen molar-refractivity contribution in [3.63, 3.8) is 0 Å². The molecule has 62 valence electrons. The molecule has 0 aliphatic carbocycles. The Morgan fingerprint density at radius 3 is 2.20 bits per heavy atom. The van der Waals surface area contributed by atoms with Crippen molar-refractivity contribution in [1.82, 2.24) is 0 Å². The highest BCUT2D eigenvalue weighted by molar-refractivity contribution is 8.02. The Bertz CT molecular complexity index is 217. The quantitative estimate of drug-likeness (QED) is 0.350. The molecule has 0 fully saturated rings. The first-order valence-corrected chi connectivity index (χ1v) is 5.30. The van der Waals surface area contributed by atoms with Gasteiger partial charge >= 0.3 is 0 Å². The fourth-order valence-corrected chi connectivity index (χ4v) is 1.82. The lowest BCUT2D eigenvalue weighted by molar-refractivity contribution is 0.480. The topological polar surface area (TPSA) is 94.5 Å². The Kier molecular flexibility index (Phi) is 3.81. The molecule has 0 aromatic rings. The Balaban J connectivity index is 4.12. The Morgan fingerprint density at radius 2 is 2.10 bits per heavy atom. The second-order valence-corrected chi connectivity index (χ2v) is 4.95. The van der Waals surface area contributed by atoms with Crippen LogP contribution in [0.3, 0.4) is 0 Å². The summed E-state index contributed by atoms with van der Waals surface area (Å²) in [6.45, 7) is 0. The first kappa shape index (κ1) is 10.4. The van der Waals surface area contributed by atoms with Gasteiger partial charge in [-0.1, -0.05) is 11.1 Å². The monoisotopic (exact) mass is 205 g/mol. The van der Waals surface area contributed by atoms with Crippen molar-refractivity contribution in [2.45, 2.75) is 4.58 Å². The van der Waals surface area contributed by atoms with Gasteiger partial charge in [-0.25, -0.2) is 0 Å². The lowest BCUT2D eigenvalue weighted by atomic mass is 10.9. The zero-order valence-electron chi connectivity index (χ0n) is 4.63. The van der Waals surface area contributed by atoms with Crippen molar-refractivity contribution in [1.29, 1.82) is 0 Å². The van der Waals surface area contributed by atoms with E-state index in [9.17, 15) is 17.2 Å². The molecule has 0 heterocycles. The van der Waals surface area contributed by atoms with E-state index < -0.39 is 31.5 Å². The molecule has 0 saturated heterocycles. The molecule has 0 bridgehead atoms. The summed E-state index contributed by atoms with van der Waals surface area (Å²) in [5.74, 6) is -0.706. The fourth-order valence-electron chi connectivity index (χ4n) is 0.202. The highest BCUT2D eigenvalue weighted by Crippen LogP contribution is 2.03. The van der Waals surface area contributed by atoms with E-state index in [-0.39, 0.29) is 0 Å². The maximum Gasteiger partial charge on any atom is 0.277 e. The molecule has 8 heteroatoms. The minimum Gasteiger partial charge on any atom is -0.772 e. The van der Waals surface area contributed by atoms with Crippen LogP contribution in [0.15, 0.2) is 0 Å². The van der Waals surface area contributed by atoms with E-state index in [1.165, 1.54) is 0 Å². The molecule has 2 unspecified atom stereocenters. The second-order valence-electron chi connectivity index (χ2n) is 1.44.